The van der Waals surface area contributed by atoms with Crippen LogP contribution in [0.25, 0.3) is 0 Å². The monoisotopic (exact) mass is 182 g/mol. The van der Waals surface area contributed by atoms with Crippen LogP contribution in [0.15, 0.2) is 0 Å². The van der Waals surface area contributed by atoms with Gasteiger partial charge in [-0.15, -0.1) is 0 Å². The lowest BCUT2D eigenvalue weighted by molar-refractivity contribution is -0.136. The summed E-state index contributed by atoms with van der Waals surface area (Å²) in [7, 11) is 0. The molecule has 2 aliphatic heterocycles. The molecule has 0 aromatic heterocycles. The van der Waals surface area contributed by atoms with Crippen molar-refractivity contribution < 1.29 is 4.79 Å². The summed E-state index contributed by atoms with van der Waals surface area (Å²) in [6.45, 7) is 2.91. The molecule has 0 bridgehead atoms. The molecule has 2 fully saturated rings. The van der Waals surface area contributed by atoms with Crippen LogP contribution in [0, 0.1) is 0 Å². The molecule has 0 saturated carbocycles. The van der Waals surface area contributed by atoms with Gasteiger partial charge in [0, 0.05) is 13.0 Å². The Balaban J connectivity index is 1.95. The highest BCUT2D eigenvalue weighted by atomic mass is 16.1. The van der Waals surface area contributed by atoms with E-state index in [4.69, 9.17) is 5.73 Å². The van der Waals surface area contributed by atoms with Crippen molar-refractivity contribution in [3.63, 3.8) is 0 Å². The maximum absolute atomic E-state index is 11.9. The summed E-state index contributed by atoms with van der Waals surface area (Å²) in [6, 6.07) is 0. The van der Waals surface area contributed by atoms with E-state index in [1.54, 1.807) is 0 Å². The first-order valence-corrected chi connectivity index (χ1v) is 5.28. The predicted molar refractivity (Wildman–Crippen MR) is 51.5 cm³/mol. The summed E-state index contributed by atoms with van der Waals surface area (Å²) < 4.78 is 0. The van der Waals surface area contributed by atoms with Crippen molar-refractivity contribution in [2.24, 2.45) is 5.73 Å². The molecular weight excluding hydrogens is 164 g/mol. The van der Waals surface area contributed by atoms with Crippen LogP contribution < -0.4 is 5.73 Å². The average molecular weight is 182 g/mol. The van der Waals surface area contributed by atoms with Crippen LogP contribution in [0.1, 0.15) is 32.1 Å². The van der Waals surface area contributed by atoms with Gasteiger partial charge in [-0.3, -0.25) is 9.69 Å². The molecule has 0 radical (unpaired) electrons. The summed E-state index contributed by atoms with van der Waals surface area (Å²) in [4.78, 5) is 14.2. The van der Waals surface area contributed by atoms with Gasteiger partial charge in [0.2, 0.25) is 0 Å². The molecule has 2 aliphatic rings. The third-order valence-corrected chi connectivity index (χ3v) is 3.55. The van der Waals surface area contributed by atoms with Gasteiger partial charge in [0.25, 0.3) is 0 Å². The molecule has 0 amide bonds. The number of rotatable bonds is 4. The normalized spacial score (nSPS) is 32.7. The highest BCUT2D eigenvalue weighted by Gasteiger charge is 2.52. The number of nitrogens with two attached hydrogens (primary N) is 1. The molecule has 74 valence electrons. The van der Waals surface area contributed by atoms with E-state index in [1.165, 1.54) is 6.42 Å². The van der Waals surface area contributed by atoms with Gasteiger partial charge in [-0.2, -0.15) is 0 Å². The number of carbonyl (C=O) groups excluding carboxylic acids is 1. The third-order valence-electron chi connectivity index (χ3n) is 3.55. The van der Waals surface area contributed by atoms with Gasteiger partial charge in [-0.1, -0.05) is 0 Å². The zero-order valence-corrected chi connectivity index (χ0v) is 8.09. The van der Waals surface area contributed by atoms with Crippen LogP contribution in [-0.2, 0) is 4.79 Å². The molecule has 2 rings (SSSR count). The Labute approximate surface area is 79.3 Å². The molecule has 2 saturated heterocycles. The van der Waals surface area contributed by atoms with Crippen molar-refractivity contribution in [3.8, 4) is 0 Å². The summed E-state index contributed by atoms with van der Waals surface area (Å²) in [5.41, 5.74) is 5.39. The van der Waals surface area contributed by atoms with Crippen molar-refractivity contribution in [3.05, 3.63) is 0 Å². The van der Waals surface area contributed by atoms with Crippen LogP contribution in [0.3, 0.4) is 0 Å². The Kier molecular flexibility index (Phi) is 2.39. The first-order valence-electron chi connectivity index (χ1n) is 5.28. The summed E-state index contributed by atoms with van der Waals surface area (Å²) >= 11 is 0. The van der Waals surface area contributed by atoms with Gasteiger partial charge in [0.1, 0.15) is 0 Å². The van der Waals surface area contributed by atoms with Crippen molar-refractivity contribution in [2.45, 2.75) is 37.6 Å². The van der Waals surface area contributed by atoms with Crippen molar-refractivity contribution in [1.29, 1.82) is 0 Å². The number of hydrogen-bond donors (Lipinski definition) is 1. The van der Waals surface area contributed by atoms with E-state index >= 15 is 0 Å². The Morgan fingerprint density at radius 1 is 1.38 bits per heavy atom. The topological polar surface area (TPSA) is 46.3 Å². The minimum Gasteiger partial charge on any atom is -0.330 e. The van der Waals surface area contributed by atoms with Crippen LogP contribution in [0.5, 0.6) is 0 Å². The van der Waals surface area contributed by atoms with E-state index < -0.39 is 0 Å². The van der Waals surface area contributed by atoms with Crippen molar-refractivity contribution >= 4 is 5.78 Å². The highest BCUT2D eigenvalue weighted by Crippen LogP contribution is 2.41. The Hall–Kier alpha value is -0.410. The van der Waals surface area contributed by atoms with E-state index in [0.717, 1.165) is 32.4 Å². The summed E-state index contributed by atoms with van der Waals surface area (Å²) in [5, 5.41) is 0. The second-order valence-corrected chi connectivity index (χ2v) is 4.19. The van der Waals surface area contributed by atoms with Crippen LogP contribution in [0.4, 0.5) is 0 Å². The van der Waals surface area contributed by atoms with E-state index in [9.17, 15) is 4.79 Å². The van der Waals surface area contributed by atoms with Gasteiger partial charge >= 0.3 is 0 Å². The van der Waals surface area contributed by atoms with Gasteiger partial charge in [-0.05, 0) is 38.8 Å². The summed E-state index contributed by atoms with van der Waals surface area (Å²) in [6.07, 6.45) is 4.93. The number of hydrogen-bond acceptors (Lipinski definition) is 3. The standard InChI is InChI=1S/C10H18N2O/c11-6-1-3-9(13)10-4-2-7-12(10)8-5-10/h1-8,11H2. The lowest BCUT2D eigenvalue weighted by Crippen LogP contribution is -2.60. The SMILES string of the molecule is NCCCC(=O)C12CCCN1CC2. The minimum absolute atomic E-state index is 0.0187. The maximum Gasteiger partial charge on any atom is 0.153 e. The van der Waals surface area contributed by atoms with Gasteiger partial charge in [0.15, 0.2) is 5.78 Å². The average Bonchev–Trinajstić information content (AvgIpc) is 2.39. The molecular formula is C10H18N2O. The molecule has 3 nitrogen and oxygen atoms in total. The van der Waals surface area contributed by atoms with E-state index in [1.807, 2.05) is 0 Å². The van der Waals surface area contributed by atoms with E-state index in [2.05, 4.69) is 4.90 Å². The molecule has 0 spiro atoms. The van der Waals surface area contributed by atoms with Crippen molar-refractivity contribution in [2.75, 3.05) is 19.6 Å². The second kappa shape index (κ2) is 3.39. The fourth-order valence-corrected chi connectivity index (χ4v) is 2.66. The largest absolute Gasteiger partial charge is 0.330 e. The fourth-order valence-electron chi connectivity index (χ4n) is 2.66. The zero-order chi connectivity index (χ0) is 9.31. The molecule has 0 aromatic carbocycles. The van der Waals surface area contributed by atoms with E-state index in [-0.39, 0.29) is 5.54 Å². The lowest BCUT2D eigenvalue weighted by atomic mass is 9.79. The van der Waals surface area contributed by atoms with Crippen LogP contribution in [0.2, 0.25) is 0 Å². The molecule has 3 heteroatoms. The molecule has 2 heterocycles. The Morgan fingerprint density at radius 2 is 2.23 bits per heavy atom. The number of Topliss-reactive ketones (excluding diaryl/α,β-unsaturated/α-hetero) is 1. The van der Waals surface area contributed by atoms with E-state index in [0.29, 0.717) is 18.7 Å². The molecule has 0 aliphatic carbocycles. The number of ketones is 1. The minimum atomic E-state index is -0.0187. The van der Waals surface area contributed by atoms with Gasteiger partial charge in [0.05, 0.1) is 5.54 Å². The molecule has 2 N–H and O–H groups in total. The first-order chi connectivity index (χ1) is 6.29. The zero-order valence-electron chi connectivity index (χ0n) is 8.09. The van der Waals surface area contributed by atoms with Crippen molar-refractivity contribution in [1.82, 2.24) is 4.90 Å². The third kappa shape index (κ3) is 1.30. The number of nitrogens with zero attached hydrogens (tertiary/aromatic N) is 1. The van der Waals surface area contributed by atoms with Crippen LogP contribution in [-0.4, -0.2) is 35.9 Å². The Bertz CT molecular complexity index is 217. The Morgan fingerprint density at radius 3 is 2.77 bits per heavy atom. The molecule has 1 atom stereocenters. The fraction of sp³-hybridized carbons (Fsp3) is 0.900. The predicted octanol–water partition coefficient (Wildman–Crippen LogP) is 0.533. The highest BCUT2D eigenvalue weighted by molar-refractivity contribution is 5.89. The molecule has 13 heavy (non-hydrogen) atoms. The molecule has 1 unspecified atom stereocenters. The van der Waals surface area contributed by atoms with Crippen LogP contribution >= 0.6 is 0 Å². The smallest absolute Gasteiger partial charge is 0.153 e. The summed E-state index contributed by atoms with van der Waals surface area (Å²) in [5.74, 6) is 0.446. The maximum atomic E-state index is 11.9. The first kappa shape index (κ1) is 9.16. The number of fused-ring (bicyclic) bond motifs is 1. The number of carbonyl (C=O) groups is 1. The van der Waals surface area contributed by atoms with Gasteiger partial charge in [-0.25, -0.2) is 0 Å². The second-order valence-electron chi connectivity index (χ2n) is 4.19. The molecule has 0 aromatic rings. The lowest BCUT2D eigenvalue weighted by Gasteiger charge is -2.47. The quantitative estimate of drug-likeness (QED) is 0.690. The van der Waals surface area contributed by atoms with Gasteiger partial charge < -0.3 is 5.73 Å².